The highest BCUT2D eigenvalue weighted by Gasteiger charge is 2.24. The van der Waals surface area contributed by atoms with Crippen LogP contribution in [0.4, 0.5) is 11.6 Å². The Balaban J connectivity index is 1.58. The Morgan fingerprint density at radius 2 is 1.68 bits per heavy atom. The van der Waals surface area contributed by atoms with E-state index in [4.69, 9.17) is 23.2 Å². The number of piperazine rings is 1. The number of fused-ring (bicyclic) bond motifs is 1. The highest BCUT2D eigenvalue weighted by atomic mass is 79.9. The molecule has 0 spiro atoms. The van der Waals surface area contributed by atoms with Crippen molar-refractivity contribution in [2.24, 2.45) is 7.05 Å². The third-order valence-electron chi connectivity index (χ3n) is 4.22. The van der Waals surface area contributed by atoms with Crippen molar-refractivity contribution in [3.05, 3.63) is 33.2 Å². The smallest absolute Gasteiger partial charge is 0.164 e. The van der Waals surface area contributed by atoms with Gasteiger partial charge >= 0.3 is 0 Å². The van der Waals surface area contributed by atoms with E-state index in [0.717, 1.165) is 53.5 Å². The lowest BCUT2D eigenvalue weighted by molar-refractivity contribution is 0.643. The van der Waals surface area contributed by atoms with E-state index in [1.165, 1.54) is 0 Å². The molecule has 3 aromatic rings. The molecule has 0 N–H and O–H groups in total. The van der Waals surface area contributed by atoms with Gasteiger partial charge in [-0.25, -0.2) is 19.6 Å². The van der Waals surface area contributed by atoms with Gasteiger partial charge in [0, 0.05) is 39.4 Å². The molecule has 0 radical (unpaired) electrons. The first kappa shape index (κ1) is 16.8. The maximum atomic E-state index is 6.28. The second kappa shape index (κ2) is 6.59. The summed E-state index contributed by atoms with van der Waals surface area (Å²) in [6.45, 7) is 3.18. The van der Waals surface area contributed by atoms with Crippen molar-refractivity contribution in [2.45, 2.75) is 0 Å². The van der Waals surface area contributed by atoms with Crippen molar-refractivity contribution in [3.63, 3.8) is 0 Å². The average molecular weight is 443 g/mol. The Morgan fingerprint density at radius 1 is 1.00 bits per heavy atom. The van der Waals surface area contributed by atoms with Crippen molar-refractivity contribution < 1.29 is 0 Å². The second-order valence-corrected chi connectivity index (χ2v) is 7.34. The molecule has 1 fully saturated rings. The fraction of sp³-hybridized carbons (Fsp3) is 0.333. The van der Waals surface area contributed by atoms with Gasteiger partial charge in [-0.3, -0.25) is 0 Å². The van der Waals surface area contributed by atoms with Crippen LogP contribution in [0.5, 0.6) is 0 Å². The predicted molar refractivity (Wildman–Crippen MR) is 103 cm³/mol. The third-order valence-corrected chi connectivity index (χ3v) is 5.26. The summed E-state index contributed by atoms with van der Waals surface area (Å²) >= 11 is 15.7. The van der Waals surface area contributed by atoms with Crippen molar-refractivity contribution >= 4 is 61.8 Å². The van der Waals surface area contributed by atoms with Gasteiger partial charge < -0.3 is 9.80 Å². The molecule has 10 heteroatoms. The van der Waals surface area contributed by atoms with Crippen LogP contribution < -0.4 is 9.80 Å². The van der Waals surface area contributed by atoms with Gasteiger partial charge in [0.1, 0.15) is 22.6 Å². The van der Waals surface area contributed by atoms with Crippen molar-refractivity contribution in [2.75, 3.05) is 36.0 Å². The minimum Gasteiger partial charge on any atom is -0.352 e. The predicted octanol–water partition coefficient (Wildman–Crippen LogP) is 3.15. The first-order valence-electron chi connectivity index (χ1n) is 7.68. The summed E-state index contributed by atoms with van der Waals surface area (Å²) in [6.07, 6.45) is 3.20. The molecule has 0 aliphatic carbocycles. The van der Waals surface area contributed by atoms with E-state index in [1.54, 1.807) is 23.3 Å². The zero-order chi connectivity index (χ0) is 17.6. The van der Waals surface area contributed by atoms with E-state index in [0.29, 0.717) is 10.0 Å². The topological polar surface area (TPSA) is 63.0 Å². The van der Waals surface area contributed by atoms with Gasteiger partial charge in [-0.1, -0.05) is 23.2 Å². The van der Waals surface area contributed by atoms with Crippen LogP contribution in [0.25, 0.3) is 11.0 Å². The molecule has 0 atom stereocenters. The van der Waals surface area contributed by atoms with E-state index >= 15 is 0 Å². The first-order chi connectivity index (χ1) is 12.0. The van der Waals surface area contributed by atoms with Crippen LogP contribution in [0.2, 0.25) is 10.0 Å². The Bertz CT molecular complexity index is 937. The van der Waals surface area contributed by atoms with E-state index in [1.807, 2.05) is 7.05 Å². The standard InChI is InChI=1S/C15H14BrCl2N7/c1-23-14-11(12(16)22-23)15(21-8-20-14)25-4-2-24(3-5-25)13-10(18)6-9(17)7-19-13/h6-8H,2-5H2,1H3. The fourth-order valence-corrected chi connectivity index (χ4v) is 4.13. The van der Waals surface area contributed by atoms with Gasteiger partial charge in [-0.2, -0.15) is 5.10 Å². The van der Waals surface area contributed by atoms with Crippen LogP contribution in [0.15, 0.2) is 23.2 Å². The summed E-state index contributed by atoms with van der Waals surface area (Å²) in [6, 6.07) is 1.72. The Kier molecular flexibility index (Phi) is 4.43. The molecule has 7 nitrogen and oxygen atoms in total. The lowest BCUT2D eigenvalue weighted by Gasteiger charge is -2.36. The van der Waals surface area contributed by atoms with E-state index < -0.39 is 0 Å². The van der Waals surface area contributed by atoms with Crippen molar-refractivity contribution in [3.8, 4) is 0 Å². The number of aryl methyl sites for hydroxylation is 1. The fourth-order valence-electron chi connectivity index (χ4n) is 3.04. The molecule has 4 heterocycles. The molecule has 1 aliphatic rings. The maximum Gasteiger partial charge on any atom is 0.164 e. The number of aromatic nitrogens is 5. The third kappa shape index (κ3) is 3.02. The minimum atomic E-state index is 0.539. The van der Waals surface area contributed by atoms with Gasteiger partial charge in [-0.05, 0) is 22.0 Å². The quantitative estimate of drug-likeness (QED) is 0.607. The monoisotopic (exact) mass is 441 g/mol. The van der Waals surface area contributed by atoms with Crippen LogP contribution in [0.3, 0.4) is 0 Å². The van der Waals surface area contributed by atoms with E-state index in [9.17, 15) is 0 Å². The summed E-state index contributed by atoms with van der Waals surface area (Å²) in [5, 5.41) is 6.42. The molecule has 25 heavy (non-hydrogen) atoms. The molecular formula is C15H14BrCl2N7. The van der Waals surface area contributed by atoms with Crippen LogP contribution >= 0.6 is 39.1 Å². The molecule has 0 amide bonds. The Hall–Kier alpha value is -1.64. The largest absolute Gasteiger partial charge is 0.352 e. The van der Waals surface area contributed by atoms with Gasteiger partial charge in [0.15, 0.2) is 5.65 Å². The summed E-state index contributed by atoms with van der Waals surface area (Å²) in [4.78, 5) is 17.6. The summed E-state index contributed by atoms with van der Waals surface area (Å²) in [5.74, 6) is 1.65. The zero-order valence-electron chi connectivity index (χ0n) is 13.3. The van der Waals surface area contributed by atoms with Crippen LogP contribution in [-0.2, 0) is 7.05 Å². The highest BCUT2D eigenvalue weighted by Crippen LogP contribution is 2.31. The molecule has 130 valence electrons. The molecule has 1 aliphatic heterocycles. The number of nitrogens with zero attached hydrogens (tertiary/aromatic N) is 7. The van der Waals surface area contributed by atoms with Crippen molar-refractivity contribution in [1.82, 2.24) is 24.7 Å². The van der Waals surface area contributed by atoms with Crippen molar-refractivity contribution in [1.29, 1.82) is 0 Å². The lowest BCUT2D eigenvalue weighted by Crippen LogP contribution is -2.47. The second-order valence-electron chi connectivity index (χ2n) is 5.74. The van der Waals surface area contributed by atoms with Gasteiger partial charge in [0.2, 0.25) is 0 Å². The Morgan fingerprint density at radius 3 is 2.36 bits per heavy atom. The van der Waals surface area contributed by atoms with Crippen LogP contribution in [0.1, 0.15) is 0 Å². The molecule has 0 bridgehead atoms. The normalized spacial score (nSPS) is 15.2. The number of pyridine rings is 1. The number of halogens is 3. The SMILES string of the molecule is Cn1nc(Br)c2c(N3CCN(c4ncc(Cl)cc4Cl)CC3)ncnc21. The average Bonchev–Trinajstić information content (AvgIpc) is 2.90. The first-order valence-corrected chi connectivity index (χ1v) is 9.23. The van der Waals surface area contributed by atoms with E-state index in [2.05, 4.69) is 45.8 Å². The van der Waals surface area contributed by atoms with Crippen LogP contribution in [-0.4, -0.2) is 50.9 Å². The molecule has 0 aromatic carbocycles. The summed E-state index contributed by atoms with van der Waals surface area (Å²) in [7, 11) is 1.87. The molecule has 1 saturated heterocycles. The zero-order valence-corrected chi connectivity index (χ0v) is 16.4. The van der Waals surface area contributed by atoms with Gasteiger partial charge in [0.25, 0.3) is 0 Å². The minimum absolute atomic E-state index is 0.539. The lowest BCUT2D eigenvalue weighted by atomic mass is 10.2. The number of rotatable bonds is 2. The summed E-state index contributed by atoms with van der Waals surface area (Å²) in [5.41, 5.74) is 0.807. The number of hydrogen-bond acceptors (Lipinski definition) is 6. The molecule has 0 saturated carbocycles. The number of anilines is 2. The maximum absolute atomic E-state index is 6.28. The Labute approximate surface area is 162 Å². The van der Waals surface area contributed by atoms with Gasteiger partial charge in [-0.15, -0.1) is 0 Å². The number of hydrogen-bond donors (Lipinski definition) is 0. The molecule has 0 unspecified atom stereocenters. The molecule has 3 aromatic heterocycles. The molecular weight excluding hydrogens is 429 g/mol. The van der Waals surface area contributed by atoms with E-state index in [-0.39, 0.29) is 0 Å². The van der Waals surface area contributed by atoms with Gasteiger partial charge in [0.05, 0.1) is 15.4 Å². The summed E-state index contributed by atoms with van der Waals surface area (Å²) < 4.78 is 2.50. The highest BCUT2D eigenvalue weighted by molar-refractivity contribution is 9.10. The van der Waals surface area contributed by atoms with Crippen LogP contribution in [0, 0.1) is 0 Å². The molecule has 4 rings (SSSR count).